The third kappa shape index (κ3) is 15.4. The lowest BCUT2D eigenvalue weighted by molar-refractivity contribution is -0.145. The van der Waals surface area contributed by atoms with Crippen molar-refractivity contribution >= 4 is 47.4 Å². The number of carbonyl (C=O) groups excluding carboxylic acids is 6. The van der Waals surface area contributed by atoms with Crippen LogP contribution >= 0.6 is 0 Å². The van der Waals surface area contributed by atoms with Gasteiger partial charge < -0.3 is 69.5 Å². The maximum Gasteiger partial charge on any atom is 0.328 e. The fourth-order valence-electron chi connectivity index (χ4n) is 3.44. The van der Waals surface area contributed by atoms with E-state index >= 15 is 0 Å². The van der Waals surface area contributed by atoms with E-state index in [2.05, 4.69) is 31.6 Å². The second-order valence-electron chi connectivity index (χ2n) is 10.3. The van der Waals surface area contributed by atoms with E-state index in [1.54, 1.807) is 0 Å². The summed E-state index contributed by atoms with van der Waals surface area (Å²) in [5, 5.41) is 50.9. The van der Waals surface area contributed by atoms with E-state index < -0.39 is 103 Å². The topological polar surface area (TPSA) is 363 Å². The lowest BCUT2D eigenvalue weighted by Crippen LogP contribution is -2.58. The van der Waals surface area contributed by atoms with Crippen LogP contribution in [0.3, 0.4) is 0 Å². The molecule has 0 bridgehead atoms. The largest absolute Gasteiger partial charge is 0.480 e. The van der Waals surface area contributed by atoms with Gasteiger partial charge in [-0.1, -0.05) is 0 Å². The summed E-state index contributed by atoms with van der Waals surface area (Å²) in [5.41, 5.74) is 16.1. The average molecular weight is 663 g/mol. The third-order valence-electron chi connectivity index (χ3n) is 6.21. The van der Waals surface area contributed by atoms with Crippen molar-refractivity contribution in [3.8, 4) is 0 Å². The number of aliphatic hydroxyl groups is 3. The molecule has 0 heterocycles. The molecule has 262 valence electrons. The molecule has 21 nitrogen and oxygen atoms in total. The minimum Gasteiger partial charge on any atom is -0.480 e. The van der Waals surface area contributed by atoms with E-state index in [0.29, 0.717) is 0 Å². The Bertz CT molecular complexity index is 1110. The molecule has 0 aliphatic carbocycles. The number of guanidine groups is 1. The molecule has 0 aromatic rings. The van der Waals surface area contributed by atoms with Gasteiger partial charge in [0.1, 0.15) is 30.2 Å². The molecule has 0 saturated heterocycles. The van der Waals surface area contributed by atoms with Gasteiger partial charge >= 0.3 is 5.97 Å². The Morgan fingerprint density at radius 2 is 1.26 bits per heavy atom. The highest BCUT2D eigenvalue weighted by molar-refractivity contribution is 5.96. The number of carboxylic acid groups (broad SMARTS) is 1. The normalized spacial score (nSPS) is 16.0. The molecule has 0 fully saturated rings. The maximum atomic E-state index is 12.9. The fraction of sp³-hybridized carbons (Fsp3) is 0.680. The number of carboxylic acids is 1. The summed E-state index contributed by atoms with van der Waals surface area (Å²) in [6.45, 7) is 3.43. The first-order valence-corrected chi connectivity index (χ1v) is 14.1. The van der Waals surface area contributed by atoms with Crippen LogP contribution in [-0.2, 0) is 33.6 Å². The lowest BCUT2D eigenvalue weighted by atomic mass is 10.1. The molecule has 0 aliphatic heterocycles. The molecular weight excluding hydrogens is 616 g/mol. The summed E-state index contributed by atoms with van der Waals surface area (Å²) < 4.78 is 0. The molecule has 16 N–H and O–H groups in total. The van der Waals surface area contributed by atoms with Gasteiger partial charge in [-0.15, -0.1) is 0 Å². The second kappa shape index (κ2) is 20.4. The fourth-order valence-corrected chi connectivity index (χ4v) is 3.44. The van der Waals surface area contributed by atoms with Crippen molar-refractivity contribution in [1.82, 2.24) is 31.9 Å². The van der Waals surface area contributed by atoms with Crippen LogP contribution in [0, 0.1) is 0 Å². The minimum atomic E-state index is -1.72. The number of nitrogens with two attached hydrogens (primary N) is 3. The minimum absolute atomic E-state index is 0.0298. The zero-order valence-electron chi connectivity index (χ0n) is 26.0. The SMILES string of the molecule is C[C@H](NC(=O)[C@H](C)NC(=O)[C@@H](N)[C@@H](C)O)C(=O)N[C@@H](CCCN=C(N)N)C(=O)NCC(=O)N[C@@H](CO)C(=O)N[C@H](C(=O)O)[C@@H](C)O. The number of nitrogens with one attached hydrogen (secondary N) is 6. The molecule has 0 aromatic heterocycles. The van der Waals surface area contributed by atoms with Crippen LogP contribution in [0.2, 0.25) is 0 Å². The zero-order valence-corrected chi connectivity index (χ0v) is 26.0. The average Bonchev–Trinajstić information content (AvgIpc) is 2.97. The highest BCUT2D eigenvalue weighted by Gasteiger charge is 2.30. The third-order valence-corrected chi connectivity index (χ3v) is 6.21. The van der Waals surface area contributed by atoms with Gasteiger partial charge in [-0.25, -0.2) is 4.79 Å². The Hall–Kier alpha value is -4.60. The number of nitrogens with zero attached hydrogens (tertiary/aromatic N) is 1. The van der Waals surface area contributed by atoms with Crippen LogP contribution in [0.5, 0.6) is 0 Å². The maximum absolute atomic E-state index is 12.9. The van der Waals surface area contributed by atoms with Crippen LogP contribution in [0.25, 0.3) is 0 Å². The highest BCUT2D eigenvalue weighted by atomic mass is 16.4. The Balaban J connectivity index is 5.35. The number of hydrogen-bond donors (Lipinski definition) is 13. The van der Waals surface area contributed by atoms with Crippen LogP contribution in [0.15, 0.2) is 4.99 Å². The van der Waals surface area contributed by atoms with Crippen molar-refractivity contribution in [3.05, 3.63) is 0 Å². The number of rotatable bonds is 20. The number of amides is 6. The zero-order chi connectivity index (χ0) is 35.7. The van der Waals surface area contributed by atoms with E-state index in [1.165, 1.54) is 20.8 Å². The van der Waals surface area contributed by atoms with E-state index in [0.717, 1.165) is 6.92 Å². The van der Waals surface area contributed by atoms with Gasteiger partial charge in [0.2, 0.25) is 35.4 Å². The summed E-state index contributed by atoms with van der Waals surface area (Å²) in [6, 6.07) is -8.26. The first kappa shape index (κ1) is 41.4. The molecule has 0 aromatic carbocycles. The van der Waals surface area contributed by atoms with Gasteiger partial charge in [-0.2, -0.15) is 0 Å². The smallest absolute Gasteiger partial charge is 0.328 e. The van der Waals surface area contributed by atoms with Crippen molar-refractivity contribution in [2.75, 3.05) is 19.7 Å². The Morgan fingerprint density at radius 1 is 0.717 bits per heavy atom. The van der Waals surface area contributed by atoms with Crippen LogP contribution in [0.4, 0.5) is 0 Å². The molecule has 0 radical (unpaired) electrons. The van der Waals surface area contributed by atoms with Gasteiger partial charge in [0, 0.05) is 6.54 Å². The molecule has 46 heavy (non-hydrogen) atoms. The van der Waals surface area contributed by atoms with E-state index in [4.69, 9.17) is 22.3 Å². The van der Waals surface area contributed by atoms with Crippen molar-refractivity contribution in [1.29, 1.82) is 0 Å². The molecule has 6 amide bonds. The molecule has 8 atom stereocenters. The van der Waals surface area contributed by atoms with Gasteiger partial charge in [-0.3, -0.25) is 33.8 Å². The van der Waals surface area contributed by atoms with Gasteiger partial charge in [0.25, 0.3) is 0 Å². The number of aliphatic imine (C=N–C) groups is 1. The van der Waals surface area contributed by atoms with E-state index in [9.17, 15) is 48.9 Å². The first-order valence-electron chi connectivity index (χ1n) is 14.1. The van der Waals surface area contributed by atoms with Crippen molar-refractivity contribution < 1.29 is 54.0 Å². The molecule has 0 aliphatic rings. The number of aliphatic carboxylic acids is 1. The summed E-state index contributed by atoms with van der Waals surface area (Å²) in [6.07, 6.45) is -2.51. The number of aliphatic hydroxyl groups excluding tert-OH is 3. The summed E-state index contributed by atoms with van der Waals surface area (Å²) >= 11 is 0. The Morgan fingerprint density at radius 3 is 1.74 bits per heavy atom. The van der Waals surface area contributed by atoms with Gasteiger partial charge in [0.05, 0.1) is 25.4 Å². The molecule has 0 rings (SSSR count). The second-order valence-corrected chi connectivity index (χ2v) is 10.3. The lowest BCUT2D eigenvalue weighted by Gasteiger charge is -2.23. The Kier molecular flexibility index (Phi) is 18.4. The Labute approximate surface area is 264 Å². The number of carbonyl (C=O) groups is 7. The van der Waals surface area contributed by atoms with Crippen molar-refractivity contribution in [3.63, 3.8) is 0 Å². The standard InChI is InChI=1S/C25H46N10O11/c1-10(32-23(44)17(26)12(3)37)19(40)31-11(2)20(41)34-14(6-5-7-29-25(27)28)21(42)30-8-16(39)33-15(9-36)22(43)35-18(13(4)38)24(45)46/h10-15,17-18,36-38H,5-9,26H2,1-4H3,(H,30,42)(H,31,40)(H,32,44)(H,33,39)(H,34,41)(H,35,43)(H,45,46)(H4,27,28,29)/t10-,11-,12+,13+,14-,15-,17-,18-/m0/s1. The predicted octanol–water partition coefficient (Wildman–Crippen LogP) is -7.21. The summed E-state index contributed by atoms with van der Waals surface area (Å²) in [7, 11) is 0. The summed E-state index contributed by atoms with van der Waals surface area (Å²) in [5.74, 6) is -7.10. The molecule has 21 heteroatoms. The van der Waals surface area contributed by atoms with Crippen molar-refractivity contribution in [2.24, 2.45) is 22.2 Å². The van der Waals surface area contributed by atoms with Crippen molar-refractivity contribution in [2.45, 2.75) is 89.0 Å². The number of hydrogen-bond acceptors (Lipinski definition) is 12. The molecule has 0 saturated carbocycles. The van der Waals surface area contributed by atoms with Gasteiger partial charge in [-0.05, 0) is 40.5 Å². The van der Waals surface area contributed by atoms with Crippen LogP contribution < -0.4 is 49.1 Å². The molecular formula is C25H46N10O11. The quantitative estimate of drug-likeness (QED) is 0.0327. The monoisotopic (exact) mass is 662 g/mol. The van der Waals surface area contributed by atoms with E-state index in [-0.39, 0.29) is 25.3 Å². The molecule has 0 spiro atoms. The molecule has 0 unspecified atom stereocenters. The van der Waals surface area contributed by atoms with Gasteiger partial charge in [0.15, 0.2) is 12.0 Å². The highest BCUT2D eigenvalue weighted by Crippen LogP contribution is 2.01. The first-order chi connectivity index (χ1) is 21.3. The van der Waals surface area contributed by atoms with Crippen LogP contribution in [0.1, 0.15) is 40.5 Å². The van der Waals surface area contributed by atoms with E-state index in [1.807, 2.05) is 5.32 Å². The summed E-state index contributed by atoms with van der Waals surface area (Å²) in [4.78, 5) is 89.9. The van der Waals surface area contributed by atoms with Crippen LogP contribution in [-0.4, -0.2) is 136 Å². The predicted molar refractivity (Wildman–Crippen MR) is 160 cm³/mol.